The van der Waals surface area contributed by atoms with Crippen LogP contribution in [-0.4, -0.2) is 28.0 Å². The van der Waals surface area contributed by atoms with E-state index in [9.17, 15) is 9.59 Å². The molecular weight excluding hydrogens is 232 g/mol. The lowest BCUT2D eigenvalue weighted by Crippen LogP contribution is -2.53. The second-order valence-corrected chi connectivity index (χ2v) is 4.64. The molecule has 0 aromatic rings. The van der Waals surface area contributed by atoms with Crippen LogP contribution in [0.2, 0.25) is 0 Å². The molecule has 1 heterocycles. The second kappa shape index (κ2) is 4.68. The van der Waals surface area contributed by atoms with Crippen molar-refractivity contribution < 1.29 is 14.7 Å². The van der Waals surface area contributed by atoms with Crippen LogP contribution < -0.4 is 5.43 Å². The van der Waals surface area contributed by atoms with Gasteiger partial charge in [0, 0.05) is 11.7 Å². The summed E-state index contributed by atoms with van der Waals surface area (Å²) in [5.41, 5.74) is 4.27. The van der Waals surface area contributed by atoms with E-state index in [2.05, 4.69) is 5.43 Å². The lowest BCUT2D eigenvalue weighted by Gasteiger charge is -2.38. The molecular formula is C13H16N2O3. The molecule has 0 aromatic carbocycles. The van der Waals surface area contributed by atoms with Crippen LogP contribution in [0.4, 0.5) is 0 Å². The van der Waals surface area contributed by atoms with Crippen molar-refractivity contribution in [1.29, 1.82) is 0 Å². The summed E-state index contributed by atoms with van der Waals surface area (Å²) < 4.78 is 0. The highest BCUT2D eigenvalue weighted by Crippen LogP contribution is 2.29. The lowest BCUT2D eigenvalue weighted by atomic mass is 9.89. The fourth-order valence-corrected chi connectivity index (χ4v) is 2.14. The zero-order chi connectivity index (χ0) is 13.3. The Morgan fingerprint density at radius 2 is 2.22 bits per heavy atom. The molecule has 1 aliphatic heterocycles. The average molecular weight is 248 g/mol. The van der Waals surface area contributed by atoms with Crippen LogP contribution in [0.1, 0.15) is 20.3 Å². The largest absolute Gasteiger partial charge is 0.481 e. The molecule has 0 fully saturated rings. The number of fused-ring (bicyclic) bond motifs is 1. The topological polar surface area (TPSA) is 69.6 Å². The molecule has 0 radical (unpaired) electrons. The first-order valence-electron chi connectivity index (χ1n) is 5.90. The number of rotatable bonds is 3. The zero-order valence-electron chi connectivity index (χ0n) is 10.4. The summed E-state index contributed by atoms with van der Waals surface area (Å²) in [6.45, 7) is 3.77. The number of aliphatic carboxylic acids is 1. The molecule has 1 atom stereocenters. The first kappa shape index (κ1) is 12.4. The molecule has 96 valence electrons. The molecule has 5 nitrogen and oxygen atoms in total. The zero-order valence-corrected chi connectivity index (χ0v) is 10.4. The molecule has 1 unspecified atom stereocenters. The molecule has 0 saturated heterocycles. The van der Waals surface area contributed by atoms with Crippen molar-refractivity contribution in [2.24, 2.45) is 5.92 Å². The summed E-state index contributed by atoms with van der Waals surface area (Å²) in [5.74, 6) is -1.33. The average Bonchev–Trinajstić information content (AvgIpc) is 2.32. The van der Waals surface area contributed by atoms with Gasteiger partial charge in [0.2, 0.25) is 0 Å². The van der Waals surface area contributed by atoms with Crippen molar-refractivity contribution in [3.8, 4) is 0 Å². The number of allylic oxidation sites excluding steroid dienone is 3. The Morgan fingerprint density at radius 3 is 2.83 bits per heavy atom. The minimum absolute atomic E-state index is 0.0258. The summed E-state index contributed by atoms with van der Waals surface area (Å²) in [4.78, 5) is 23.1. The van der Waals surface area contributed by atoms with Crippen molar-refractivity contribution in [1.82, 2.24) is 10.4 Å². The van der Waals surface area contributed by atoms with Gasteiger partial charge in [-0.1, -0.05) is 24.3 Å². The first-order valence-corrected chi connectivity index (χ1v) is 5.90. The minimum Gasteiger partial charge on any atom is -0.481 e. The maximum Gasteiger partial charge on any atom is 0.309 e. The predicted molar refractivity (Wildman–Crippen MR) is 66.2 cm³/mol. The molecule has 5 heteroatoms. The van der Waals surface area contributed by atoms with E-state index in [1.165, 1.54) is 5.01 Å². The van der Waals surface area contributed by atoms with Gasteiger partial charge in [0.1, 0.15) is 0 Å². The number of hydrogen-bond acceptors (Lipinski definition) is 3. The van der Waals surface area contributed by atoms with Gasteiger partial charge >= 0.3 is 5.97 Å². The Bertz CT molecular complexity index is 475. The monoisotopic (exact) mass is 248 g/mol. The van der Waals surface area contributed by atoms with E-state index in [-0.39, 0.29) is 24.3 Å². The molecule has 0 saturated carbocycles. The number of carbonyl (C=O) groups excluding carboxylic acids is 1. The van der Waals surface area contributed by atoms with Crippen LogP contribution in [-0.2, 0) is 9.59 Å². The van der Waals surface area contributed by atoms with Crippen LogP contribution in [0.25, 0.3) is 0 Å². The summed E-state index contributed by atoms with van der Waals surface area (Å²) in [6.07, 6.45) is 7.11. The molecule has 2 aliphatic rings. The van der Waals surface area contributed by atoms with Gasteiger partial charge in [-0.15, -0.1) is 0 Å². The Balaban J connectivity index is 2.40. The maximum absolute atomic E-state index is 12.2. The highest BCUT2D eigenvalue weighted by molar-refractivity contribution is 5.87. The van der Waals surface area contributed by atoms with Crippen molar-refractivity contribution in [3.63, 3.8) is 0 Å². The SMILES string of the molecule is CC(C)N1NC(CC(=O)O)=C2C=CC=CC2C1=O. The Kier molecular flexibility index (Phi) is 3.23. The van der Waals surface area contributed by atoms with Crippen LogP contribution in [0.15, 0.2) is 35.6 Å². The van der Waals surface area contributed by atoms with Gasteiger partial charge in [0.15, 0.2) is 0 Å². The van der Waals surface area contributed by atoms with E-state index in [1.807, 2.05) is 26.0 Å². The number of carboxylic acid groups (broad SMARTS) is 1. The van der Waals surface area contributed by atoms with Crippen molar-refractivity contribution in [2.75, 3.05) is 0 Å². The van der Waals surface area contributed by atoms with Crippen molar-refractivity contribution in [3.05, 3.63) is 35.6 Å². The fraction of sp³-hybridized carbons (Fsp3) is 0.385. The summed E-state index contributed by atoms with van der Waals surface area (Å²) >= 11 is 0. The van der Waals surface area contributed by atoms with E-state index in [0.29, 0.717) is 5.70 Å². The molecule has 0 spiro atoms. The molecule has 1 aliphatic carbocycles. The molecule has 0 aromatic heterocycles. The molecule has 2 N–H and O–H groups in total. The highest BCUT2D eigenvalue weighted by Gasteiger charge is 2.34. The number of amides is 1. The second-order valence-electron chi connectivity index (χ2n) is 4.64. The molecule has 18 heavy (non-hydrogen) atoms. The molecule has 2 rings (SSSR count). The smallest absolute Gasteiger partial charge is 0.309 e. The van der Waals surface area contributed by atoms with Crippen LogP contribution in [0.3, 0.4) is 0 Å². The standard InChI is InChI=1S/C13H16N2O3/c1-8(2)15-13(18)10-6-4-3-5-9(10)11(14-15)7-12(16)17/h3-6,8,10,14H,7H2,1-2H3,(H,16,17). The normalized spacial score (nSPS) is 22.3. The molecule has 1 amide bonds. The summed E-state index contributed by atoms with van der Waals surface area (Å²) in [7, 11) is 0. The lowest BCUT2D eigenvalue weighted by molar-refractivity contribution is -0.141. The fourth-order valence-electron chi connectivity index (χ4n) is 2.14. The van der Waals surface area contributed by atoms with Gasteiger partial charge in [0.25, 0.3) is 5.91 Å². The third kappa shape index (κ3) is 2.16. The van der Waals surface area contributed by atoms with Gasteiger partial charge in [-0.05, 0) is 19.4 Å². The number of nitrogens with zero attached hydrogens (tertiary/aromatic N) is 1. The van der Waals surface area contributed by atoms with Crippen LogP contribution in [0, 0.1) is 5.92 Å². The van der Waals surface area contributed by atoms with E-state index >= 15 is 0 Å². The van der Waals surface area contributed by atoms with Gasteiger partial charge in [0.05, 0.1) is 12.3 Å². The number of carbonyl (C=O) groups is 2. The van der Waals surface area contributed by atoms with E-state index in [1.54, 1.807) is 12.2 Å². The number of hydrogen-bond donors (Lipinski definition) is 2. The summed E-state index contributed by atoms with van der Waals surface area (Å²) in [5, 5.41) is 10.4. The van der Waals surface area contributed by atoms with E-state index in [4.69, 9.17) is 5.11 Å². The van der Waals surface area contributed by atoms with Crippen LogP contribution >= 0.6 is 0 Å². The maximum atomic E-state index is 12.2. The number of hydrazine groups is 1. The first-order chi connectivity index (χ1) is 8.50. The van der Waals surface area contributed by atoms with Gasteiger partial charge in [-0.3, -0.25) is 20.0 Å². The third-order valence-corrected chi connectivity index (χ3v) is 2.98. The third-order valence-electron chi connectivity index (χ3n) is 2.98. The Labute approximate surface area is 105 Å². The van der Waals surface area contributed by atoms with Crippen molar-refractivity contribution >= 4 is 11.9 Å². The summed E-state index contributed by atoms with van der Waals surface area (Å²) in [6, 6.07) is -0.0258. The Hall–Kier alpha value is -2.04. The molecule has 0 bridgehead atoms. The van der Waals surface area contributed by atoms with Crippen LogP contribution in [0.5, 0.6) is 0 Å². The predicted octanol–water partition coefficient (Wildman–Crippen LogP) is 1.21. The quantitative estimate of drug-likeness (QED) is 0.787. The Morgan fingerprint density at radius 1 is 1.50 bits per heavy atom. The van der Waals surface area contributed by atoms with Gasteiger partial charge < -0.3 is 5.11 Å². The number of carboxylic acids is 1. The minimum atomic E-state index is -0.912. The van der Waals surface area contributed by atoms with Gasteiger partial charge in [-0.2, -0.15) is 0 Å². The van der Waals surface area contributed by atoms with Gasteiger partial charge in [-0.25, -0.2) is 0 Å². The van der Waals surface area contributed by atoms with Crippen molar-refractivity contribution in [2.45, 2.75) is 26.3 Å². The highest BCUT2D eigenvalue weighted by atomic mass is 16.4. The number of nitrogens with one attached hydrogen (secondary N) is 1. The van der Waals surface area contributed by atoms with E-state index < -0.39 is 5.97 Å². The van der Waals surface area contributed by atoms with E-state index in [0.717, 1.165) is 5.57 Å².